The molecule has 0 saturated carbocycles. The van der Waals surface area contributed by atoms with E-state index in [-0.39, 0.29) is 11.6 Å². The fourth-order valence-electron chi connectivity index (χ4n) is 1.53. The van der Waals surface area contributed by atoms with Crippen LogP contribution in [0.1, 0.15) is 5.56 Å². The van der Waals surface area contributed by atoms with Crippen molar-refractivity contribution < 1.29 is 9.50 Å². The smallest absolute Gasteiger partial charge is 0.139 e. The summed E-state index contributed by atoms with van der Waals surface area (Å²) in [4.78, 5) is 0. The van der Waals surface area contributed by atoms with Gasteiger partial charge < -0.3 is 10.4 Å². The molecule has 0 fully saturated rings. The van der Waals surface area contributed by atoms with Gasteiger partial charge in [-0.25, -0.2) is 4.39 Å². The summed E-state index contributed by atoms with van der Waals surface area (Å²) < 4.78 is 13.7. The van der Waals surface area contributed by atoms with Gasteiger partial charge in [-0.1, -0.05) is 23.7 Å². The second-order valence-electron chi connectivity index (χ2n) is 3.73. The molecule has 18 heavy (non-hydrogen) atoms. The zero-order chi connectivity index (χ0) is 13.1. The summed E-state index contributed by atoms with van der Waals surface area (Å²) in [6.07, 6.45) is 0. The number of hydrogen-bond donors (Lipinski definition) is 2. The Hall–Kier alpha value is -1.01. The first-order chi connectivity index (χ1) is 8.58. The van der Waals surface area contributed by atoms with Crippen molar-refractivity contribution in [2.45, 2.75) is 6.54 Å². The summed E-state index contributed by atoms with van der Waals surface area (Å²) in [6.45, 7) is 0.425. The first-order valence-corrected chi connectivity index (χ1v) is 6.69. The van der Waals surface area contributed by atoms with Crippen LogP contribution in [0.25, 0.3) is 0 Å². The van der Waals surface area contributed by atoms with Crippen molar-refractivity contribution in [2.75, 3.05) is 5.32 Å². The number of phenolic OH excluding ortho intramolecular Hbond substituents is 1. The zero-order valence-corrected chi connectivity index (χ0v) is 12.2. The molecule has 2 N–H and O–H groups in total. The number of phenols is 1. The van der Waals surface area contributed by atoms with E-state index in [4.69, 9.17) is 11.6 Å². The number of rotatable bonds is 3. The highest BCUT2D eigenvalue weighted by Crippen LogP contribution is 2.28. The lowest BCUT2D eigenvalue weighted by Crippen LogP contribution is -2.01. The predicted octanol–water partition coefficient (Wildman–Crippen LogP) is 4.40. The van der Waals surface area contributed by atoms with E-state index < -0.39 is 0 Å². The Bertz CT molecular complexity index is 577. The molecule has 0 unspecified atom stereocenters. The monoisotopic (exact) mass is 377 g/mol. The van der Waals surface area contributed by atoms with Crippen molar-refractivity contribution in [3.05, 3.63) is 56.4 Å². The average Bonchev–Trinajstić information content (AvgIpc) is 2.33. The second-order valence-corrected chi connectivity index (χ2v) is 5.29. The van der Waals surface area contributed by atoms with Gasteiger partial charge in [-0.3, -0.25) is 0 Å². The van der Waals surface area contributed by atoms with E-state index in [9.17, 15) is 9.50 Å². The van der Waals surface area contributed by atoms with Gasteiger partial charge in [-0.15, -0.1) is 0 Å². The Balaban J connectivity index is 2.14. The van der Waals surface area contributed by atoms with Crippen molar-refractivity contribution in [1.82, 2.24) is 0 Å². The van der Waals surface area contributed by atoms with Crippen LogP contribution in [0, 0.1) is 9.39 Å². The summed E-state index contributed by atoms with van der Waals surface area (Å²) in [6, 6.07) is 9.68. The number of para-hydroxylation sites is 1. The van der Waals surface area contributed by atoms with Crippen molar-refractivity contribution in [1.29, 1.82) is 0 Å². The summed E-state index contributed by atoms with van der Waals surface area (Å²) >= 11 is 7.87. The first kappa shape index (κ1) is 13.4. The molecule has 0 heterocycles. The normalized spacial score (nSPS) is 10.4. The summed E-state index contributed by atoms with van der Waals surface area (Å²) in [5.74, 6) is -0.195. The van der Waals surface area contributed by atoms with Crippen LogP contribution in [0.2, 0.25) is 5.02 Å². The Morgan fingerprint density at radius 2 is 2.06 bits per heavy atom. The number of nitrogens with one attached hydrogen (secondary N) is 1. The zero-order valence-electron chi connectivity index (χ0n) is 9.25. The lowest BCUT2D eigenvalue weighted by Gasteiger charge is -2.10. The highest BCUT2D eigenvalue weighted by molar-refractivity contribution is 14.1. The highest BCUT2D eigenvalue weighted by atomic mass is 127. The standard InChI is InChI=1S/C13H10ClFINO/c14-10-3-1-2-8(13(10)18)7-17-12-5-4-9(15)6-11(12)16/h1-6,17-18H,7H2. The molecular formula is C13H10ClFINO. The molecule has 0 bridgehead atoms. The van der Waals surface area contributed by atoms with Crippen LogP contribution in [-0.4, -0.2) is 5.11 Å². The fraction of sp³-hybridized carbons (Fsp3) is 0.0769. The third kappa shape index (κ3) is 3.05. The first-order valence-electron chi connectivity index (χ1n) is 5.23. The molecule has 2 aromatic rings. The molecule has 0 aliphatic heterocycles. The van der Waals surface area contributed by atoms with E-state index in [1.54, 1.807) is 24.3 Å². The maximum Gasteiger partial charge on any atom is 0.139 e. The predicted molar refractivity (Wildman–Crippen MR) is 79.6 cm³/mol. The van der Waals surface area contributed by atoms with Crippen molar-refractivity contribution >= 4 is 39.9 Å². The number of benzene rings is 2. The highest BCUT2D eigenvalue weighted by Gasteiger charge is 2.06. The van der Waals surface area contributed by atoms with Gasteiger partial charge in [0.1, 0.15) is 11.6 Å². The second kappa shape index (κ2) is 5.75. The maximum absolute atomic E-state index is 12.9. The molecular weight excluding hydrogens is 368 g/mol. The molecule has 0 aliphatic rings. The Labute approximate surface area is 123 Å². The van der Waals surface area contributed by atoms with Gasteiger partial charge in [-0.05, 0) is 46.9 Å². The molecule has 0 aliphatic carbocycles. The lowest BCUT2D eigenvalue weighted by molar-refractivity contribution is 0.469. The van der Waals surface area contributed by atoms with Crippen LogP contribution in [0.5, 0.6) is 5.75 Å². The molecule has 2 aromatic carbocycles. The minimum atomic E-state index is -0.268. The van der Waals surface area contributed by atoms with E-state index in [2.05, 4.69) is 27.9 Å². The van der Waals surface area contributed by atoms with Crippen LogP contribution < -0.4 is 5.32 Å². The van der Waals surface area contributed by atoms with Gasteiger partial charge in [-0.2, -0.15) is 0 Å². The molecule has 0 radical (unpaired) electrons. The Morgan fingerprint density at radius 1 is 1.28 bits per heavy atom. The number of hydrogen-bond acceptors (Lipinski definition) is 2. The van der Waals surface area contributed by atoms with Crippen molar-refractivity contribution in [2.24, 2.45) is 0 Å². The topological polar surface area (TPSA) is 32.3 Å². The summed E-state index contributed by atoms with van der Waals surface area (Å²) in [5.41, 5.74) is 1.51. The van der Waals surface area contributed by atoms with Gasteiger partial charge in [0.2, 0.25) is 0 Å². The third-order valence-corrected chi connectivity index (χ3v) is 3.67. The molecule has 2 rings (SSSR count). The molecule has 5 heteroatoms. The lowest BCUT2D eigenvalue weighted by atomic mass is 10.2. The van der Waals surface area contributed by atoms with Gasteiger partial charge in [0, 0.05) is 21.4 Å². The Kier molecular flexibility index (Phi) is 4.29. The van der Waals surface area contributed by atoms with Crippen LogP contribution in [-0.2, 0) is 6.54 Å². The van der Waals surface area contributed by atoms with Gasteiger partial charge >= 0.3 is 0 Å². The summed E-state index contributed by atoms with van der Waals surface area (Å²) in [7, 11) is 0. The SMILES string of the molecule is Oc1c(Cl)cccc1CNc1ccc(F)cc1I. The molecule has 94 valence electrons. The molecule has 2 nitrogen and oxygen atoms in total. The molecule has 0 spiro atoms. The van der Waals surface area contributed by atoms with Crippen LogP contribution >= 0.6 is 34.2 Å². The van der Waals surface area contributed by atoms with Gasteiger partial charge in [0.25, 0.3) is 0 Å². The number of halogens is 3. The molecule has 0 amide bonds. The van der Waals surface area contributed by atoms with E-state index in [0.717, 1.165) is 9.26 Å². The van der Waals surface area contributed by atoms with E-state index in [0.29, 0.717) is 17.1 Å². The number of aromatic hydroxyl groups is 1. The quantitative estimate of drug-likeness (QED) is 0.777. The molecule has 0 aromatic heterocycles. The maximum atomic E-state index is 12.9. The van der Waals surface area contributed by atoms with Gasteiger partial charge in [0.05, 0.1) is 5.02 Å². The summed E-state index contributed by atoms with van der Waals surface area (Å²) in [5, 5.41) is 13.2. The van der Waals surface area contributed by atoms with E-state index >= 15 is 0 Å². The van der Waals surface area contributed by atoms with Crippen LogP contribution in [0.3, 0.4) is 0 Å². The van der Waals surface area contributed by atoms with E-state index in [1.165, 1.54) is 12.1 Å². The van der Waals surface area contributed by atoms with Crippen LogP contribution in [0.4, 0.5) is 10.1 Å². The minimum Gasteiger partial charge on any atom is -0.506 e. The van der Waals surface area contributed by atoms with E-state index in [1.807, 2.05) is 0 Å². The fourth-order valence-corrected chi connectivity index (χ4v) is 2.39. The van der Waals surface area contributed by atoms with Gasteiger partial charge in [0.15, 0.2) is 0 Å². The molecule has 0 atom stereocenters. The Morgan fingerprint density at radius 3 is 2.78 bits per heavy atom. The number of anilines is 1. The minimum absolute atomic E-state index is 0.0730. The van der Waals surface area contributed by atoms with Crippen LogP contribution in [0.15, 0.2) is 36.4 Å². The molecule has 0 saturated heterocycles. The van der Waals surface area contributed by atoms with Crippen molar-refractivity contribution in [3.8, 4) is 5.75 Å². The largest absolute Gasteiger partial charge is 0.506 e. The van der Waals surface area contributed by atoms with Crippen molar-refractivity contribution in [3.63, 3.8) is 0 Å². The third-order valence-electron chi connectivity index (χ3n) is 2.47. The average molecular weight is 378 g/mol.